The molecule has 4 rings (SSSR count). The summed E-state index contributed by atoms with van der Waals surface area (Å²) < 4.78 is 7.74. The molecule has 0 saturated carbocycles. The van der Waals surface area contributed by atoms with Crippen molar-refractivity contribution in [3.63, 3.8) is 0 Å². The Hall–Kier alpha value is -3.90. The fourth-order valence-corrected chi connectivity index (χ4v) is 3.34. The van der Waals surface area contributed by atoms with Crippen LogP contribution in [0.3, 0.4) is 0 Å². The lowest BCUT2D eigenvalue weighted by molar-refractivity contribution is -0.111. The Balaban J connectivity index is 1.31. The topological polar surface area (TPSA) is 59.4 Å². The lowest BCUT2D eigenvalue weighted by atomic mass is 10.2. The number of anilines is 1. The highest BCUT2D eigenvalue weighted by molar-refractivity contribution is 6.02. The second-order valence-corrected chi connectivity index (χ2v) is 8.13. The van der Waals surface area contributed by atoms with Crippen molar-refractivity contribution in [2.75, 3.05) is 26.0 Å². The van der Waals surface area contributed by atoms with Crippen molar-refractivity contribution >= 4 is 28.6 Å². The minimum Gasteiger partial charge on any atom is -0.489 e. The van der Waals surface area contributed by atoms with Crippen LogP contribution in [0.1, 0.15) is 11.1 Å². The lowest BCUT2D eigenvalue weighted by Crippen LogP contribution is -2.18. The number of aromatic nitrogens is 2. The predicted octanol–water partition coefficient (Wildman–Crippen LogP) is 4.83. The van der Waals surface area contributed by atoms with Crippen LogP contribution in [0.15, 0.2) is 85.1 Å². The average molecular weight is 441 g/mol. The number of carbonyl (C=O) groups is 1. The minimum atomic E-state index is -0.182. The van der Waals surface area contributed by atoms with Crippen LogP contribution in [-0.4, -0.2) is 41.2 Å². The van der Waals surface area contributed by atoms with E-state index in [1.165, 1.54) is 6.08 Å². The van der Waals surface area contributed by atoms with Gasteiger partial charge in [-0.2, -0.15) is 5.10 Å². The SMILES string of the molecule is CN(C)CCn1cc2cc(NC(=O)C=Cc3ccc(OCc4ccccc4)cc3)ccc2n1. The van der Waals surface area contributed by atoms with Crippen LogP contribution < -0.4 is 10.1 Å². The number of hydrogen-bond donors (Lipinski definition) is 1. The van der Waals surface area contributed by atoms with Gasteiger partial charge in [-0.3, -0.25) is 9.48 Å². The van der Waals surface area contributed by atoms with E-state index in [2.05, 4.69) is 15.3 Å². The number of benzene rings is 3. The number of amides is 1. The number of hydrogen-bond acceptors (Lipinski definition) is 4. The molecule has 4 aromatic rings. The highest BCUT2D eigenvalue weighted by Gasteiger charge is 2.04. The summed E-state index contributed by atoms with van der Waals surface area (Å²) >= 11 is 0. The van der Waals surface area contributed by atoms with Crippen LogP contribution in [0.25, 0.3) is 17.0 Å². The zero-order valence-corrected chi connectivity index (χ0v) is 18.9. The molecule has 0 bridgehead atoms. The summed E-state index contributed by atoms with van der Waals surface area (Å²) in [7, 11) is 4.08. The molecule has 6 nitrogen and oxygen atoms in total. The first-order chi connectivity index (χ1) is 16.0. The van der Waals surface area contributed by atoms with Gasteiger partial charge in [-0.15, -0.1) is 0 Å². The number of nitrogens with zero attached hydrogens (tertiary/aromatic N) is 3. The Bertz CT molecular complexity index is 1230. The first-order valence-electron chi connectivity index (χ1n) is 10.9. The van der Waals surface area contributed by atoms with E-state index >= 15 is 0 Å². The normalized spacial score (nSPS) is 11.4. The molecule has 0 spiro atoms. The molecule has 0 atom stereocenters. The molecule has 1 heterocycles. The second-order valence-electron chi connectivity index (χ2n) is 8.13. The van der Waals surface area contributed by atoms with E-state index in [-0.39, 0.29) is 5.91 Å². The van der Waals surface area contributed by atoms with E-state index in [0.717, 1.165) is 46.6 Å². The molecule has 0 fully saturated rings. The van der Waals surface area contributed by atoms with Gasteiger partial charge < -0.3 is 15.0 Å². The standard InChI is InChI=1S/C27H28N4O2/c1-30(2)16-17-31-19-23-18-24(11-14-26(23)29-31)28-27(32)15-10-21-8-12-25(13-9-21)33-20-22-6-4-3-5-7-22/h3-15,18-19H,16-17,20H2,1-2H3,(H,28,32). The molecule has 1 aromatic heterocycles. The van der Waals surface area contributed by atoms with Gasteiger partial charge in [0.1, 0.15) is 12.4 Å². The van der Waals surface area contributed by atoms with Crippen LogP contribution in [0, 0.1) is 0 Å². The maximum atomic E-state index is 12.4. The Morgan fingerprint density at radius 3 is 2.61 bits per heavy atom. The van der Waals surface area contributed by atoms with Crippen LogP contribution in [0.5, 0.6) is 5.75 Å². The highest BCUT2D eigenvalue weighted by atomic mass is 16.5. The molecule has 1 N–H and O–H groups in total. The van der Waals surface area contributed by atoms with Gasteiger partial charge in [-0.1, -0.05) is 42.5 Å². The zero-order chi connectivity index (χ0) is 23.0. The Morgan fingerprint density at radius 2 is 1.85 bits per heavy atom. The third-order valence-corrected chi connectivity index (χ3v) is 5.15. The molecular weight excluding hydrogens is 412 g/mol. The number of rotatable bonds is 9. The molecule has 3 aromatic carbocycles. The van der Waals surface area contributed by atoms with Crippen molar-refractivity contribution in [3.8, 4) is 5.75 Å². The number of likely N-dealkylation sites (N-methyl/N-ethyl adjacent to an activating group) is 1. The molecule has 0 aliphatic carbocycles. The van der Waals surface area contributed by atoms with Crippen LogP contribution in [0.2, 0.25) is 0 Å². The minimum absolute atomic E-state index is 0.182. The number of ether oxygens (including phenoxy) is 1. The maximum Gasteiger partial charge on any atom is 0.248 e. The summed E-state index contributed by atoms with van der Waals surface area (Å²) in [4.78, 5) is 14.5. The van der Waals surface area contributed by atoms with Crippen LogP contribution in [0.4, 0.5) is 5.69 Å². The Morgan fingerprint density at radius 1 is 1.06 bits per heavy atom. The number of carbonyl (C=O) groups excluding carboxylic acids is 1. The van der Waals surface area contributed by atoms with Gasteiger partial charge in [0.2, 0.25) is 5.91 Å². The fourth-order valence-electron chi connectivity index (χ4n) is 3.34. The monoisotopic (exact) mass is 440 g/mol. The molecule has 33 heavy (non-hydrogen) atoms. The van der Waals surface area contributed by atoms with E-state index in [1.807, 2.05) is 97.8 Å². The van der Waals surface area contributed by atoms with Crippen molar-refractivity contribution in [1.29, 1.82) is 0 Å². The van der Waals surface area contributed by atoms with Gasteiger partial charge in [0.15, 0.2) is 0 Å². The third kappa shape index (κ3) is 6.54. The van der Waals surface area contributed by atoms with Crippen molar-refractivity contribution in [2.24, 2.45) is 0 Å². The zero-order valence-electron chi connectivity index (χ0n) is 18.9. The van der Waals surface area contributed by atoms with Gasteiger partial charge in [0.05, 0.1) is 12.1 Å². The van der Waals surface area contributed by atoms with Crippen LogP contribution in [-0.2, 0) is 17.9 Å². The van der Waals surface area contributed by atoms with Gasteiger partial charge in [-0.25, -0.2) is 0 Å². The summed E-state index contributed by atoms with van der Waals surface area (Å²) in [6.07, 6.45) is 5.32. The lowest BCUT2D eigenvalue weighted by Gasteiger charge is -2.08. The van der Waals surface area contributed by atoms with Gasteiger partial charge in [-0.05, 0) is 61.6 Å². The van der Waals surface area contributed by atoms with Gasteiger partial charge in [0, 0.05) is 29.9 Å². The highest BCUT2D eigenvalue weighted by Crippen LogP contribution is 2.19. The predicted molar refractivity (Wildman–Crippen MR) is 133 cm³/mol. The second kappa shape index (κ2) is 10.6. The number of nitrogens with one attached hydrogen (secondary N) is 1. The molecule has 168 valence electrons. The van der Waals surface area contributed by atoms with E-state index in [0.29, 0.717) is 6.61 Å². The summed E-state index contributed by atoms with van der Waals surface area (Å²) in [5.74, 6) is 0.610. The van der Waals surface area contributed by atoms with Gasteiger partial charge >= 0.3 is 0 Å². The van der Waals surface area contributed by atoms with E-state index in [4.69, 9.17) is 4.74 Å². The maximum absolute atomic E-state index is 12.4. The molecule has 0 unspecified atom stereocenters. The fraction of sp³-hybridized carbons (Fsp3) is 0.185. The Kier molecular flexibility index (Phi) is 7.17. The summed E-state index contributed by atoms with van der Waals surface area (Å²) in [5.41, 5.74) is 3.71. The van der Waals surface area contributed by atoms with E-state index in [9.17, 15) is 4.79 Å². The molecule has 0 saturated heterocycles. The first-order valence-corrected chi connectivity index (χ1v) is 10.9. The molecule has 0 radical (unpaired) electrons. The van der Waals surface area contributed by atoms with Crippen molar-refractivity contribution in [1.82, 2.24) is 14.7 Å². The quantitative estimate of drug-likeness (QED) is 0.379. The van der Waals surface area contributed by atoms with E-state index < -0.39 is 0 Å². The van der Waals surface area contributed by atoms with Crippen molar-refractivity contribution < 1.29 is 9.53 Å². The molecule has 6 heteroatoms. The average Bonchev–Trinajstić information content (AvgIpc) is 3.24. The summed E-state index contributed by atoms with van der Waals surface area (Å²) in [6, 6.07) is 23.5. The Labute approximate surface area is 194 Å². The summed E-state index contributed by atoms with van der Waals surface area (Å²) in [6.45, 7) is 2.27. The van der Waals surface area contributed by atoms with Crippen molar-refractivity contribution in [2.45, 2.75) is 13.2 Å². The third-order valence-electron chi connectivity index (χ3n) is 5.15. The molecular formula is C27H28N4O2. The van der Waals surface area contributed by atoms with Crippen LogP contribution >= 0.6 is 0 Å². The largest absolute Gasteiger partial charge is 0.489 e. The molecule has 0 aliphatic heterocycles. The van der Waals surface area contributed by atoms with Crippen molar-refractivity contribution in [3.05, 3.63) is 96.2 Å². The first kappa shape index (κ1) is 22.3. The summed E-state index contributed by atoms with van der Waals surface area (Å²) in [5, 5.41) is 8.49. The number of fused-ring (bicyclic) bond motifs is 1. The smallest absolute Gasteiger partial charge is 0.248 e. The molecule has 1 amide bonds. The molecule has 0 aliphatic rings. The van der Waals surface area contributed by atoms with E-state index in [1.54, 1.807) is 6.08 Å². The van der Waals surface area contributed by atoms with Gasteiger partial charge in [0.25, 0.3) is 0 Å².